The lowest BCUT2D eigenvalue weighted by molar-refractivity contribution is -0.124. The lowest BCUT2D eigenvalue weighted by Crippen LogP contribution is -2.46. The van der Waals surface area contributed by atoms with Crippen molar-refractivity contribution >= 4 is 29.1 Å². The quantitative estimate of drug-likeness (QED) is 0.648. The number of nitrogens with zero attached hydrogens (tertiary/aromatic N) is 1. The van der Waals surface area contributed by atoms with E-state index in [1.807, 2.05) is 11.4 Å². The summed E-state index contributed by atoms with van der Waals surface area (Å²) in [7, 11) is 1.58. The minimum absolute atomic E-state index is 0.0793. The van der Waals surface area contributed by atoms with Gasteiger partial charge in [0, 0.05) is 25.2 Å². The van der Waals surface area contributed by atoms with Gasteiger partial charge in [-0.2, -0.15) is 0 Å². The number of amides is 3. The first-order valence-electron chi connectivity index (χ1n) is 9.64. The van der Waals surface area contributed by atoms with Crippen LogP contribution in [0.1, 0.15) is 39.3 Å². The van der Waals surface area contributed by atoms with Crippen molar-refractivity contribution in [1.29, 1.82) is 0 Å². The van der Waals surface area contributed by atoms with Crippen molar-refractivity contribution in [3.63, 3.8) is 0 Å². The molecule has 0 radical (unpaired) electrons. The Morgan fingerprint density at radius 1 is 1.14 bits per heavy atom. The number of ether oxygens (including phenoxy) is 1. The Bertz CT molecular complexity index is 836. The molecular weight excluding hydrogens is 390 g/mol. The van der Waals surface area contributed by atoms with Crippen LogP contribution in [0.5, 0.6) is 5.75 Å². The van der Waals surface area contributed by atoms with E-state index < -0.39 is 6.04 Å². The van der Waals surface area contributed by atoms with Crippen molar-refractivity contribution < 1.29 is 19.1 Å². The van der Waals surface area contributed by atoms with Gasteiger partial charge in [-0.3, -0.25) is 14.4 Å². The summed E-state index contributed by atoms with van der Waals surface area (Å²) >= 11 is 1.39. The largest absolute Gasteiger partial charge is 0.497 e. The molecule has 1 saturated heterocycles. The Hall–Kier alpha value is -2.87. The van der Waals surface area contributed by atoms with E-state index in [4.69, 9.17) is 4.74 Å². The highest BCUT2D eigenvalue weighted by Gasteiger charge is 2.34. The predicted octanol–water partition coefficient (Wildman–Crippen LogP) is 2.30. The van der Waals surface area contributed by atoms with Gasteiger partial charge in [-0.25, -0.2) is 0 Å². The number of hydrogen-bond acceptors (Lipinski definition) is 5. The fourth-order valence-electron chi connectivity index (χ4n) is 3.29. The summed E-state index contributed by atoms with van der Waals surface area (Å²) in [5, 5.41) is 7.58. The molecule has 7 nitrogen and oxygen atoms in total. The van der Waals surface area contributed by atoms with Gasteiger partial charge in [0.1, 0.15) is 11.8 Å². The fraction of sp³-hybridized carbons (Fsp3) is 0.381. The van der Waals surface area contributed by atoms with Crippen molar-refractivity contribution in [3.8, 4) is 5.75 Å². The van der Waals surface area contributed by atoms with Gasteiger partial charge < -0.3 is 20.3 Å². The lowest BCUT2D eigenvalue weighted by atomic mass is 10.2. The molecule has 1 aliphatic rings. The summed E-state index contributed by atoms with van der Waals surface area (Å²) in [6, 6.07) is 10.1. The van der Waals surface area contributed by atoms with Gasteiger partial charge in [-0.1, -0.05) is 6.07 Å². The highest BCUT2D eigenvalue weighted by molar-refractivity contribution is 7.12. The van der Waals surface area contributed by atoms with Gasteiger partial charge in [-0.05, 0) is 55.0 Å². The molecule has 2 aromatic rings. The number of likely N-dealkylation sites (tertiary alicyclic amines) is 1. The smallest absolute Gasteiger partial charge is 0.264 e. The van der Waals surface area contributed by atoms with Crippen LogP contribution in [0, 0.1) is 0 Å². The zero-order valence-electron chi connectivity index (χ0n) is 16.3. The molecule has 2 heterocycles. The minimum atomic E-state index is -0.418. The molecular formula is C21H25N3O4S. The fourth-order valence-corrected chi connectivity index (χ4v) is 3.97. The second kappa shape index (κ2) is 10.1. The second-order valence-corrected chi connectivity index (χ2v) is 7.71. The number of benzene rings is 1. The van der Waals surface area contributed by atoms with Gasteiger partial charge in [0.15, 0.2) is 0 Å². The van der Waals surface area contributed by atoms with Crippen LogP contribution in [-0.4, -0.2) is 55.4 Å². The van der Waals surface area contributed by atoms with E-state index in [1.54, 1.807) is 42.3 Å². The molecule has 3 rings (SSSR count). The average Bonchev–Trinajstić information content (AvgIpc) is 3.45. The summed E-state index contributed by atoms with van der Waals surface area (Å²) in [6.07, 6.45) is 2.11. The van der Waals surface area contributed by atoms with Crippen molar-refractivity contribution in [2.45, 2.75) is 25.3 Å². The van der Waals surface area contributed by atoms with E-state index in [9.17, 15) is 14.4 Å². The Morgan fingerprint density at radius 3 is 2.59 bits per heavy atom. The third kappa shape index (κ3) is 5.35. The molecule has 0 saturated carbocycles. The van der Waals surface area contributed by atoms with Crippen LogP contribution in [-0.2, 0) is 4.79 Å². The van der Waals surface area contributed by atoms with Crippen LogP contribution in [0.3, 0.4) is 0 Å². The van der Waals surface area contributed by atoms with E-state index in [-0.39, 0.29) is 17.7 Å². The summed E-state index contributed by atoms with van der Waals surface area (Å²) in [5.41, 5.74) is 0.559. The third-order valence-corrected chi connectivity index (χ3v) is 5.70. The Morgan fingerprint density at radius 2 is 1.90 bits per heavy atom. The monoisotopic (exact) mass is 415 g/mol. The van der Waals surface area contributed by atoms with Gasteiger partial charge in [-0.15, -0.1) is 11.3 Å². The molecule has 2 N–H and O–H groups in total. The molecule has 1 aliphatic heterocycles. The van der Waals surface area contributed by atoms with E-state index >= 15 is 0 Å². The first-order chi connectivity index (χ1) is 14.1. The normalized spacial score (nSPS) is 15.8. The molecule has 1 aromatic heterocycles. The van der Waals surface area contributed by atoms with E-state index in [1.165, 1.54) is 11.3 Å². The Kier molecular flexibility index (Phi) is 7.24. The van der Waals surface area contributed by atoms with Crippen molar-refractivity contribution in [3.05, 3.63) is 52.2 Å². The number of thiophene rings is 1. The topological polar surface area (TPSA) is 87.7 Å². The van der Waals surface area contributed by atoms with Crippen LogP contribution < -0.4 is 15.4 Å². The molecule has 3 amide bonds. The van der Waals surface area contributed by atoms with E-state index in [0.29, 0.717) is 48.7 Å². The molecule has 1 atom stereocenters. The molecule has 29 heavy (non-hydrogen) atoms. The standard InChI is InChI=1S/C21H25N3O4S/c1-28-16-9-7-15(8-10-16)19(25)22-11-4-12-23-20(26)17-5-2-13-24(17)21(27)18-6-3-14-29-18/h3,6-10,14,17H,2,4-5,11-13H2,1H3,(H,22,25)(H,23,26)/t17-/m1/s1. The van der Waals surface area contributed by atoms with E-state index in [2.05, 4.69) is 10.6 Å². The molecule has 154 valence electrons. The van der Waals surface area contributed by atoms with Crippen LogP contribution >= 0.6 is 11.3 Å². The average molecular weight is 416 g/mol. The Balaban J connectivity index is 1.39. The molecule has 1 aromatic carbocycles. The number of nitrogens with one attached hydrogen (secondary N) is 2. The number of carbonyl (C=O) groups is 3. The zero-order valence-corrected chi connectivity index (χ0v) is 17.2. The number of methoxy groups -OCH3 is 1. The van der Waals surface area contributed by atoms with Crippen molar-refractivity contribution in [2.75, 3.05) is 26.7 Å². The molecule has 0 spiro atoms. The maximum absolute atomic E-state index is 12.6. The van der Waals surface area contributed by atoms with Gasteiger partial charge >= 0.3 is 0 Å². The maximum atomic E-state index is 12.6. The van der Waals surface area contributed by atoms with Gasteiger partial charge in [0.2, 0.25) is 5.91 Å². The third-order valence-electron chi connectivity index (χ3n) is 4.84. The highest BCUT2D eigenvalue weighted by Crippen LogP contribution is 2.22. The minimum Gasteiger partial charge on any atom is -0.497 e. The summed E-state index contributed by atoms with van der Waals surface area (Å²) < 4.78 is 5.07. The first-order valence-corrected chi connectivity index (χ1v) is 10.5. The Labute approximate surface area is 174 Å². The highest BCUT2D eigenvalue weighted by atomic mass is 32.1. The lowest BCUT2D eigenvalue weighted by Gasteiger charge is -2.23. The predicted molar refractivity (Wildman–Crippen MR) is 111 cm³/mol. The summed E-state index contributed by atoms with van der Waals surface area (Å²) in [4.78, 5) is 39.5. The number of hydrogen-bond donors (Lipinski definition) is 2. The SMILES string of the molecule is COc1ccc(C(=O)NCCCNC(=O)[C@H]2CCCN2C(=O)c2cccs2)cc1. The number of rotatable bonds is 8. The zero-order chi connectivity index (χ0) is 20.6. The molecule has 8 heteroatoms. The number of carbonyl (C=O) groups excluding carboxylic acids is 3. The second-order valence-electron chi connectivity index (χ2n) is 6.76. The summed E-state index contributed by atoms with van der Waals surface area (Å²) in [5.74, 6) is 0.323. The molecule has 0 bridgehead atoms. The molecule has 1 fully saturated rings. The van der Waals surface area contributed by atoms with Crippen LogP contribution in [0.15, 0.2) is 41.8 Å². The summed E-state index contributed by atoms with van der Waals surface area (Å²) in [6.45, 7) is 1.50. The van der Waals surface area contributed by atoms with Crippen LogP contribution in [0.25, 0.3) is 0 Å². The maximum Gasteiger partial charge on any atom is 0.264 e. The van der Waals surface area contributed by atoms with E-state index in [0.717, 1.165) is 6.42 Å². The molecule has 0 unspecified atom stereocenters. The first kappa shape index (κ1) is 20.9. The van der Waals surface area contributed by atoms with Crippen molar-refractivity contribution in [1.82, 2.24) is 15.5 Å². The van der Waals surface area contributed by atoms with Crippen molar-refractivity contribution in [2.24, 2.45) is 0 Å². The van der Waals surface area contributed by atoms with Crippen LogP contribution in [0.4, 0.5) is 0 Å². The van der Waals surface area contributed by atoms with Crippen LogP contribution in [0.2, 0.25) is 0 Å². The van der Waals surface area contributed by atoms with Gasteiger partial charge in [0.25, 0.3) is 11.8 Å². The van der Waals surface area contributed by atoms with Gasteiger partial charge in [0.05, 0.1) is 12.0 Å². The molecule has 0 aliphatic carbocycles.